The van der Waals surface area contributed by atoms with Gasteiger partial charge in [0.2, 0.25) is 0 Å². The van der Waals surface area contributed by atoms with Gasteiger partial charge in [0.1, 0.15) is 18.4 Å². The van der Waals surface area contributed by atoms with Crippen molar-refractivity contribution in [2.45, 2.75) is 154 Å². The SMILES string of the molecule is Cc1cn(C2CC(N=[N+]=[N-])C(CO)O2)c(=O)n(CCOCCn2c(=O)c(C)cn(C3OC(CO[Si](C)(C)C(C)(C)C)C4(OS(=O)(=O)C=C4N)C3O[Si](C)(C)C(C)(C)C)c2=O)c1=O. The van der Waals surface area contributed by atoms with Crippen LogP contribution >= 0.6 is 0 Å². The molecule has 7 atom stereocenters. The number of nitrogens with zero attached hydrogens (tertiary/aromatic N) is 7. The molecule has 62 heavy (non-hydrogen) atoms. The molecule has 0 saturated carbocycles. The number of aliphatic hydroxyl groups excluding tert-OH is 1. The fourth-order valence-electron chi connectivity index (χ4n) is 7.17. The molecule has 5 rings (SSSR count). The summed E-state index contributed by atoms with van der Waals surface area (Å²) >= 11 is 0. The fourth-order valence-corrected chi connectivity index (χ4v) is 10.7. The average Bonchev–Trinajstić information content (AvgIpc) is 3.78. The first kappa shape index (κ1) is 49.3. The maximum atomic E-state index is 14.5. The van der Waals surface area contributed by atoms with Crippen molar-refractivity contribution < 1.29 is 40.8 Å². The molecule has 7 unspecified atom stereocenters. The molecule has 21 nitrogen and oxygen atoms in total. The van der Waals surface area contributed by atoms with Crippen molar-refractivity contribution >= 4 is 26.8 Å². The first-order valence-corrected chi connectivity index (χ1v) is 27.8. The van der Waals surface area contributed by atoms with Crippen LogP contribution < -0.4 is 28.2 Å². The molecule has 2 aromatic heterocycles. The molecule has 2 aromatic rings. The number of aryl methyl sites for hydroxylation is 2. The highest BCUT2D eigenvalue weighted by atomic mass is 32.2. The Morgan fingerprint density at radius 2 is 1.45 bits per heavy atom. The van der Waals surface area contributed by atoms with Crippen molar-refractivity contribution in [1.29, 1.82) is 0 Å². The number of ether oxygens (including phenoxy) is 3. The first-order chi connectivity index (χ1) is 28.5. The summed E-state index contributed by atoms with van der Waals surface area (Å²) in [5.74, 6) is 0. The number of hydrogen-bond donors (Lipinski definition) is 2. The second kappa shape index (κ2) is 17.7. The van der Waals surface area contributed by atoms with Gasteiger partial charge in [-0.1, -0.05) is 46.7 Å². The molecule has 0 radical (unpaired) electrons. The first-order valence-electron chi connectivity index (χ1n) is 20.5. The Morgan fingerprint density at radius 1 is 0.919 bits per heavy atom. The normalized spacial score (nSPS) is 26.6. The molecule has 3 N–H and O–H groups in total. The molecule has 3 aliphatic rings. The van der Waals surface area contributed by atoms with Gasteiger partial charge in [0.25, 0.3) is 21.2 Å². The Morgan fingerprint density at radius 3 is 1.94 bits per heavy atom. The Balaban J connectivity index is 1.45. The minimum absolute atomic E-state index is 0.101. The number of aliphatic hydroxyl groups is 1. The summed E-state index contributed by atoms with van der Waals surface area (Å²) in [5, 5.41) is 13.6. The maximum absolute atomic E-state index is 14.5. The standard InChI is InChI=1S/C38H62N8O13SSi2/c1-23-18-45(29-17-25(41-42-40)26(20-47)56-29)34(50)43(31(23)48)13-15-54-16-14-44-32(49)24(2)19-46(35(44)51)33-30(58-62(11,12)37(6,7)8)38(27(39)22-60(52,53)59-38)28(57-33)21-55-61(9,10)36(3,4)5/h18-19,22,25-26,28-30,33,47H,13-17,20-21,39H2,1-12H3. The average molecular weight is 927 g/mol. The predicted octanol–water partition coefficient (Wildman–Crippen LogP) is 2.83. The van der Waals surface area contributed by atoms with Crippen LogP contribution in [-0.4, -0.2) is 105 Å². The number of aromatic nitrogens is 4. The Hall–Kier alpha value is -3.69. The molecule has 2 fully saturated rings. The van der Waals surface area contributed by atoms with Crippen molar-refractivity contribution in [3.05, 3.63) is 86.7 Å². The van der Waals surface area contributed by atoms with E-state index in [1.807, 2.05) is 47.0 Å². The fraction of sp³-hybridized carbons (Fsp3) is 0.737. The van der Waals surface area contributed by atoms with Gasteiger partial charge in [-0.05, 0) is 55.6 Å². The Bertz CT molecular complexity index is 2460. The van der Waals surface area contributed by atoms with Crippen LogP contribution in [-0.2, 0) is 50.5 Å². The van der Waals surface area contributed by atoms with E-state index in [4.69, 9.17) is 38.5 Å². The molecule has 3 aliphatic heterocycles. The topological polar surface area (TPSA) is 273 Å². The summed E-state index contributed by atoms with van der Waals surface area (Å²) in [5.41, 5.74) is 11.1. The van der Waals surface area contributed by atoms with Crippen molar-refractivity contribution in [1.82, 2.24) is 18.3 Å². The lowest BCUT2D eigenvalue weighted by Crippen LogP contribution is -2.59. The highest BCUT2D eigenvalue weighted by Crippen LogP contribution is 2.52. The summed E-state index contributed by atoms with van der Waals surface area (Å²) in [7, 11) is -9.65. The van der Waals surface area contributed by atoms with Crippen molar-refractivity contribution in [2.75, 3.05) is 26.4 Å². The van der Waals surface area contributed by atoms with Crippen LogP contribution in [0.15, 0.2) is 47.8 Å². The molecule has 0 aliphatic carbocycles. The molecule has 5 heterocycles. The quantitative estimate of drug-likeness (QED) is 0.0650. The molecule has 0 amide bonds. The van der Waals surface area contributed by atoms with Crippen molar-refractivity contribution in [3.63, 3.8) is 0 Å². The van der Waals surface area contributed by atoms with E-state index in [1.165, 1.54) is 35.4 Å². The van der Waals surface area contributed by atoms with E-state index in [1.54, 1.807) is 0 Å². The second-order valence-electron chi connectivity index (χ2n) is 19.2. The van der Waals surface area contributed by atoms with Gasteiger partial charge < -0.3 is 33.9 Å². The highest BCUT2D eigenvalue weighted by molar-refractivity contribution is 7.90. The summed E-state index contributed by atoms with van der Waals surface area (Å²) in [6, 6.07) is -0.720. The molecule has 24 heteroatoms. The number of azide groups is 1. The lowest BCUT2D eigenvalue weighted by molar-refractivity contribution is -0.0568. The second-order valence-corrected chi connectivity index (χ2v) is 30.1. The van der Waals surface area contributed by atoms with Crippen LogP contribution in [0, 0.1) is 13.8 Å². The summed E-state index contributed by atoms with van der Waals surface area (Å²) in [6.07, 6.45) is -2.76. The third-order valence-electron chi connectivity index (χ3n) is 12.9. The van der Waals surface area contributed by atoms with Crippen LogP contribution in [0.2, 0.25) is 36.3 Å². The molecule has 346 valence electrons. The van der Waals surface area contributed by atoms with E-state index in [-0.39, 0.29) is 61.2 Å². The van der Waals surface area contributed by atoms with Gasteiger partial charge in [-0.3, -0.25) is 27.9 Å². The smallest absolute Gasteiger partial charge is 0.333 e. The molecular formula is C38H62N8O13SSi2. The number of nitrogens with two attached hydrogens (primary N) is 1. The molecule has 1 spiro atoms. The van der Waals surface area contributed by atoms with Crippen LogP contribution in [0.5, 0.6) is 0 Å². The zero-order valence-electron chi connectivity index (χ0n) is 37.6. The number of rotatable bonds is 15. The summed E-state index contributed by atoms with van der Waals surface area (Å²) < 4.78 is 68.4. The summed E-state index contributed by atoms with van der Waals surface area (Å²) in [6.45, 7) is 21.8. The van der Waals surface area contributed by atoms with Gasteiger partial charge in [-0.25, -0.2) is 13.8 Å². The Kier molecular flexibility index (Phi) is 14.1. The minimum atomic E-state index is -4.33. The largest absolute Gasteiger partial charge is 0.414 e. The van der Waals surface area contributed by atoms with E-state index < -0.39 is 103 Å². The Labute approximate surface area is 362 Å². The van der Waals surface area contributed by atoms with E-state index in [0.717, 1.165) is 14.5 Å². The molecular weight excluding hydrogens is 865 g/mol. The van der Waals surface area contributed by atoms with Crippen LogP contribution in [0.25, 0.3) is 10.4 Å². The summed E-state index contributed by atoms with van der Waals surface area (Å²) in [4.78, 5) is 57.4. The highest BCUT2D eigenvalue weighted by Gasteiger charge is 2.67. The predicted molar refractivity (Wildman–Crippen MR) is 233 cm³/mol. The lowest BCUT2D eigenvalue weighted by Gasteiger charge is -2.43. The zero-order valence-corrected chi connectivity index (χ0v) is 40.4. The van der Waals surface area contributed by atoms with Crippen molar-refractivity contribution in [3.8, 4) is 0 Å². The van der Waals surface area contributed by atoms with Crippen LogP contribution in [0.3, 0.4) is 0 Å². The van der Waals surface area contributed by atoms with E-state index in [9.17, 15) is 32.7 Å². The van der Waals surface area contributed by atoms with Gasteiger partial charge in [0, 0.05) is 34.9 Å². The van der Waals surface area contributed by atoms with E-state index >= 15 is 0 Å². The maximum Gasteiger partial charge on any atom is 0.333 e. The van der Waals surface area contributed by atoms with Gasteiger partial charge in [-0.15, -0.1) is 0 Å². The van der Waals surface area contributed by atoms with Gasteiger partial charge in [0.15, 0.2) is 28.5 Å². The molecule has 2 saturated heterocycles. The van der Waals surface area contributed by atoms with Gasteiger partial charge in [-0.2, -0.15) is 8.42 Å². The van der Waals surface area contributed by atoms with E-state index in [2.05, 4.69) is 30.8 Å². The lowest BCUT2D eigenvalue weighted by atomic mass is 9.89. The van der Waals surface area contributed by atoms with Gasteiger partial charge in [0.05, 0.1) is 62.8 Å². The minimum Gasteiger partial charge on any atom is -0.414 e. The van der Waals surface area contributed by atoms with Crippen LogP contribution in [0.1, 0.15) is 71.5 Å². The van der Waals surface area contributed by atoms with Gasteiger partial charge >= 0.3 is 11.4 Å². The molecule has 0 bridgehead atoms. The monoisotopic (exact) mass is 926 g/mol. The zero-order chi connectivity index (χ0) is 46.5. The third-order valence-corrected chi connectivity index (χ3v) is 22.9. The van der Waals surface area contributed by atoms with Crippen molar-refractivity contribution in [2.24, 2.45) is 10.8 Å². The third kappa shape index (κ3) is 9.41. The molecule has 0 aromatic carbocycles. The van der Waals surface area contributed by atoms with Crippen LogP contribution in [0.4, 0.5) is 0 Å². The van der Waals surface area contributed by atoms with E-state index in [0.29, 0.717) is 0 Å². The number of hydrogen-bond acceptors (Lipinski definition) is 15.